The SMILES string of the molecule is CC(c1cc(-c2cccc(Cl)c2)on1)N1CCNCC1. The molecular weight excluding hydrogens is 274 g/mol. The van der Waals surface area contributed by atoms with Crippen molar-refractivity contribution in [2.24, 2.45) is 0 Å². The average molecular weight is 292 g/mol. The monoisotopic (exact) mass is 291 g/mol. The van der Waals surface area contributed by atoms with Crippen LogP contribution in [0.5, 0.6) is 0 Å². The summed E-state index contributed by atoms with van der Waals surface area (Å²) in [5, 5.41) is 8.28. The summed E-state index contributed by atoms with van der Waals surface area (Å²) in [6.45, 7) is 6.32. The largest absolute Gasteiger partial charge is 0.356 e. The maximum absolute atomic E-state index is 6.01. The van der Waals surface area contributed by atoms with E-state index in [9.17, 15) is 0 Å². The van der Waals surface area contributed by atoms with Gasteiger partial charge in [-0.15, -0.1) is 0 Å². The summed E-state index contributed by atoms with van der Waals surface area (Å²) in [6.07, 6.45) is 0. The van der Waals surface area contributed by atoms with Crippen LogP contribution in [0.15, 0.2) is 34.9 Å². The van der Waals surface area contributed by atoms with Gasteiger partial charge >= 0.3 is 0 Å². The van der Waals surface area contributed by atoms with Gasteiger partial charge in [0.05, 0.1) is 6.04 Å². The first-order chi connectivity index (χ1) is 9.74. The second-order valence-corrected chi connectivity index (χ2v) is 5.52. The highest BCUT2D eigenvalue weighted by Gasteiger charge is 2.21. The number of piperazine rings is 1. The summed E-state index contributed by atoms with van der Waals surface area (Å²) in [5.41, 5.74) is 1.94. The van der Waals surface area contributed by atoms with E-state index in [-0.39, 0.29) is 6.04 Å². The zero-order valence-corrected chi connectivity index (χ0v) is 12.2. The molecule has 1 aliphatic heterocycles. The fraction of sp³-hybridized carbons (Fsp3) is 0.400. The van der Waals surface area contributed by atoms with Gasteiger partial charge in [-0.05, 0) is 19.1 Å². The molecule has 106 valence electrons. The van der Waals surface area contributed by atoms with E-state index in [0.29, 0.717) is 5.02 Å². The lowest BCUT2D eigenvalue weighted by Gasteiger charge is -2.31. The van der Waals surface area contributed by atoms with Gasteiger partial charge in [0.1, 0.15) is 5.69 Å². The maximum atomic E-state index is 6.01. The van der Waals surface area contributed by atoms with Crippen molar-refractivity contribution in [1.29, 1.82) is 0 Å². The van der Waals surface area contributed by atoms with Crippen molar-refractivity contribution >= 4 is 11.6 Å². The highest BCUT2D eigenvalue weighted by Crippen LogP contribution is 2.27. The van der Waals surface area contributed by atoms with E-state index in [0.717, 1.165) is 43.2 Å². The maximum Gasteiger partial charge on any atom is 0.167 e. The van der Waals surface area contributed by atoms with E-state index in [1.54, 1.807) is 0 Å². The Morgan fingerprint density at radius 3 is 2.85 bits per heavy atom. The number of benzene rings is 1. The molecule has 1 aromatic heterocycles. The molecule has 0 saturated carbocycles. The van der Waals surface area contributed by atoms with Crippen LogP contribution in [-0.4, -0.2) is 36.2 Å². The molecule has 3 rings (SSSR count). The number of hydrogen-bond donors (Lipinski definition) is 1. The number of halogens is 1. The normalized spacial score (nSPS) is 18.1. The van der Waals surface area contributed by atoms with E-state index < -0.39 is 0 Å². The van der Waals surface area contributed by atoms with Gasteiger partial charge in [-0.3, -0.25) is 4.90 Å². The third-order valence-electron chi connectivity index (χ3n) is 3.76. The predicted molar refractivity (Wildman–Crippen MR) is 79.8 cm³/mol. The summed E-state index contributed by atoms with van der Waals surface area (Å²) in [7, 11) is 0. The van der Waals surface area contributed by atoms with Crippen LogP contribution in [-0.2, 0) is 0 Å². The minimum Gasteiger partial charge on any atom is -0.356 e. The van der Waals surface area contributed by atoms with Gasteiger partial charge in [0.2, 0.25) is 0 Å². The topological polar surface area (TPSA) is 41.3 Å². The van der Waals surface area contributed by atoms with Crippen LogP contribution in [0.3, 0.4) is 0 Å². The molecule has 2 heterocycles. The fourth-order valence-electron chi connectivity index (χ4n) is 2.52. The Hall–Kier alpha value is -1.36. The minimum atomic E-state index is 0.272. The van der Waals surface area contributed by atoms with Crippen molar-refractivity contribution in [3.63, 3.8) is 0 Å². The number of nitrogens with zero attached hydrogens (tertiary/aromatic N) is 2. The lowest BCUT2D eigenvalue weighted by atomic mass is 10.1. The molecule has 0 bridgehead atoms. The zero-order chi connectivity index (χ0) is 13.9. The Balaban J connectivity index is 1.79. The molecule has 0 radical (unpaired) electrons. The van der Waals surface area contributed by atoms with E-state index in [2.05, 4.69) is 22.3 Å². The molecule has 1 N–H and O–H groups in total. The number of nitrogens with one attached hydrogen (secondary N) is 1. The molecular formula is C15H18ClN3O. The molecule has 20 heavy (non-hydrogen) atoms. The van der Waals surface area contributed by atoms with Crippen molar-refractivity contribution in [3.8, 4) is 11.3 Å². The first-order valence-corrected chi connectivity index (χ1v) is 7.29. The molecule has 1 saturated heterocycles. The Morgan fingerprint density at radius 1 is 1.30 bits per heavy atom. The molecule has 2 aromatic rings. The van der Waals surface area contributed by atoms with E-state index in [1.165, 1.54) is 0 Å². The van der Waals surface area contributed by atoms with Crippen LogP contribution in [0.1, 0.15) is 18.7 Å². The van der Waals surface area contributed by atoms with Crippen molar-refractivity contribution < 1.29 is 4.52 Å². The highest BCUT2D eigenvalue weighted by atomic mass is 35.5. The molecule has 1 atom stereocenters. The Kier molecular flexibility index (Phi) is 4.05. The van der Waals surface area contributed by atoms with Gasteiger partial charge in [-0.2, -0.15) is 0 Å². The molecule has 0 spiro atoms. The van der Waals surface area contributed by atoms with Gasteiger partial charge in [0, 0.05) is 42.8 Å². The van der Waals surface area contributed by atoms with Crippen LogP contribution < -0.4 is 5.32 Å². The Labute approximate surface area is 123 Å². The summed E-state index contributed by atoms with van der Waals surface area (Å²) in [6, 6.07) is 9.92. The third kappa shape index (κ3) is 2.87. The molecule has 1 unspecified atom stereocenters. The van der Waals surface area contributed by atoms with Gasteiger partial charge in [0.15, 0.2) is 5.76 Å². The molecule has 0 amide bonds. The van der Waals surface area contributed by atoms with Crippen LogP contribution >= 0.6 is 11.6 Å². The van der Waals surface area contributed by atoms with Crippen LogP contribution in [0.2, 0.25) is 5.02 Å². The van der Waals surface area contributed by atoms with Crippen LogP contribution in [0.4, 0.5) is 0 Å². The van der Waals surface area contributed by atoms with Gasteiger partial charge in [0.25, 0.3) is 0 Å². The summed E-state index contributed by atoms with van der Waals surface area (Å²) >= 11 is 6.01. The predicted octanol–water partition coefficient (Wildman–Crippen LogP) is 2.96. The van der Waals surface area contributed by atoms with Crippen molar-refractivity contribution in [2.45, 2.75) is 13.0 Å². The first-order valence-electron chi connectivity index (χ1n) is 6.91. The van der Waals surface area contributed by atoms with E-state index >= 15 is 0 Å². The molecule has 1 aliphatic rings. The highest BCUT2D eigenvalue weighted by molar-refractivity contribution is 6.30. The molecule has 5 heteroatoms. The summed E-state index contributed by atoms with van der Waals surface area (Å²) in [4.78, 5) is 2.41. The third-order valence-corrected chi connectivity index (χ3v) is 4.00. The Morgan fingerprint density at radius 2 is 2.10 bits per heavy atom. The number of rotatable bonds is 3. The van der Waals surface area contributed by atoms with Gasteiger partial charge in [-0.1, -0.05) is 28.9 Å². The second-order valence-electron chi connectivity index (χ2n) is 5.09. The first kappa shape index (κ1) is 13.6. The number of hydrogen-bond acceptors (Lipinski definition) is 4. The molecule has 4 nitrogen and oxygen atoms in total. The van der Waals surface area contributed by atoms with Gasteiger partial charge in [-0.25, -0.2) is 0 Å². The Bertz CT molecular complexity index is 578. The lowest BCUT2D eigenvalue weighted by Crippen LogP contribution is -2.44. The average Bonchev–Trinajstić information content (AvgIpc) is 2.97. The van der Waals surface area contributed by atoms with E-state index in [4.69, 9.17) is 16.1 Å². The summed E-state index contributed by atoms with van der Waals surface area (Å²) < 4.78 is 5.47. The van der Waals surface area contributed by atoms with Crippen LogP contribution in [0.25, 0.3) is 11.3 Å². The standard InChI is InChI=1S/C15H18ClN3O/c1-11(19-7-5-17-6-8-19)14-10-15(20-18-14)12-3-2-4-13(16)9-12/h2-4,9-11,17H,5-8H2,1H3. The van der Waals surface area contributed by atoms with Crippen molar-refractivity contribution in [3.05, 3.63) is 41.0 Å². The molecule has 1 fully saturated rings. The minimum absolute atomic E-state index is 0.272. The fourth-order valence-corrected chi connectivity index (χ4v) is 2.71. The van der Waals surface area contributed by atoms with Crippen molar-refractivity contribution in [2.75, 3.05) is 26.2 Å². The van der Waals surface area contributed by atoms with Crippen molar-refractivity contribution in [1.82, 2.24) is 15.4 Å². The van der Waals surface area contributed by atoms with E-state index in [1.807, 2.05) is 30.3 Å². The lowest BCUT2D eigenvalue weighted by molar-refractivity contribution is 0.179. The quantitative estimate of drug-likeness (QED) is 0.944. The smallest absolute Gasteiger partial charge is 0.167 e. The zero-order valence-electron chi connectivity index (χ0n) is 11.5. The second kappa shape index (κ2) is 5.95. The number of aromatic nitrogens is 1. The summed E-state index contributed by atoms with van der Waals surface area (Å²) in [5.74, 6) is 0.768. The van der Waals surface area contributed by atoms with Crippen LogP contribution in [0, 0.1) is 0 Å². The molecule has 0 aliphatic carbocycles. The van der Waals surface area contributed by atoms with Gasteiger partial charge < -0.3 is 9.84 Å². The molecule has 1 aromatic carbocycles.